The molecule has 0 fully saturated rings. The molecule has 0 saturated carbocycles. The number of ether oxygens (including phenoxy) is 3. The zero-order valence-electron chi connectivity index (χ0n) is 18.6. The number of methoxy groups -OCH3 is 3. The van der Waals surface area contributed by atoms with Gasteiger partial charge in [0.1, 0.15) is 5.70 Å². The van der Waals surface area contributed by atoms with Crippen molar-refractivity contribution in [3.63, 3.8) is 0 Å². The van der Waals surface area contributed by atoms with Crippen LogP contribution in [0.15, 0.2) is 36.0 Å². The molecule has 2 aromatic carbocycles. The number of benzene rings is 2. The second kappa shape index (κ2) is 12.0. The fraction of sp³-hybridized carbons (Fsp3) is 0.304. The molecule has 9 heteroatoms. The molecule has 0 heterocycles. The molecule has 2 amide bonds. The molecule has 32 heavy (non-hydrogen) atoms. The minimum Gasteiger partial charge on any atom is -0.493 e. The highest BCUT2D eigenvalue weighted by molar-refractivity contribution is 14.1. The maximum atomic E-state index is 13.2. The van der Waals surface area contributed by atoms with E-state index in [1.807, 2.05) is 13.8 Å². The van der Waals surface area contributed by atoms with Crippen molar-refractivity contribution >= 4 is 52.1 Å². The van der Waals surface area contributed by atoms with Crippen molar-refractivity contribution < 1.29 is 23.8 Å². The number of carbonyl (C=O) groups is 2. The van der Waals surface area contributed by atoms with Crippen LogP contribution in [0, 0.1) is 3.57 Å². The quantitative estimate of drug-likeness (QED) is 0.351. The van der Waals surface area contributed by atoms with Crippen molar-refractivity contribution in [1.82, 2.24) is 10.2 Å². The van der Waals surface area contributed by atoms with Crippen LogP contribution in [0.5, 0.6) is 17.2 Å². The van der Waals surface area contributed by atoms with Crippen molar-refractivity contribution in [1.29, 1.82) is 0 Å². The van der Waals surface area contributed by atoms with Gasteiger partial charge >= 0.3 is 0 Å². The van der Waals surface area contributed by atoms with Gasteiger partial charge in [-0.1, -0.05) is 11.6 Å². The highest BCUT2D eigenvalue weighted by Crippen LogP contribution is 2.40. The van der Waals surface area contributed by atoms with Crippen LogP contribution in [0.3, 0.4) is 0 Å². The summed E-state index contributed by atoms with van der Waals surface area (Å²) in [6.45, 7) is 4.70. The van der Waals surface area contributed by atoms with E-state index in [9.17, 15) is 9.59 Å². The Morgan fingerprint density at radius 2 is 1.69 bits per heavy atom. The number of hydrogen-bond donors (Lipinski definition) is 1. The Balaban J connectivity index is 2.60. The van der Waals surface area contributed by atoms with E-state index >= 15 is 0 Å². The Labute approximate surface area is 206 Å². The first kappa shape index (κ1) is 25.8. The van der Waals surface area contributed by atoms with Crippen molar-refractivity contribution in [2.45, 2.75) is 13.8 Å². The molecule has 2 rings (SSSR count). The Bertz CT molecular complexity index is 1020. The number of nitrogens with one attached hydrogen (secondary N) is 1. The molecule has 0 unspecified atom stereocenters. The third kappa shape index (κ3) is 5.86. The summed E-state index contributed by atoms with van der Waals surface area (Å²) in [6, 6.07) is 8.52. The molecule has 172 valence electrons. The lowest BCUT2D eigenvalue weighted by Gasteiger charge is -2.21. The molecule has 0 bridgehead atoms. The predicted molar refractivity (Wildman–Crippen MR) is 134 cm³/mol. The van der Waals surface area contributed by atoms with Crippen LogP contribution < -0.4 is 19.5 Å². The van der Waals surface area contributed by atoms with Gasteiger partial charge in [-0.25, -0.2) is 0 Å². The van der Waals surface area contributed by atoms with Crippen molar-refractivity contribution in [3.8, 4) is 17.2 Å². The van der Waals surface area contributed by atoms with Gasteiger partial charge in [0.2, 0.25) is 5.75 Å². The molecule has 0 atom stereocenters. The maximum absolute atomic E-state index is 13.2. The molecular weight excluding hydrogens is 547 g/mol. The van der Waals surface area contributed by atoms with E-state index in [0.29, 0.717) is 40.9 Å². The monoisotopic (exact) mass is 572 g/mol. The van der Waals surface area contributed by atoms with Crippen molar-refractivity contribution in [2.75, 3.05) is 34.4 Å². The van der Waals surface area contributed by atoms with E-state index in [1.165, 1.54) is 21.3 Å². The summed E-state index contributed by atoms with van der Waals surface area (Å²) in [5, 5.41) is 3.02. The zero-order valence-corrected chi connectivity index (χ0v) is 21.5. The number of amides is 2. The molecule has 1 N–H and O–H groups in total. The average molecular weight is 573 g/mol. The Hall–Kier alpha value is -2.46. The first-order valence-corrected chi connectivity index (χ1v) is 11.3. The van der Waals surface area contributed by atoms with Gasteiger partial charge in [0.15, 0.2) is 11.5 Å². The molecule has 0 aliphatic carbocycles. The molecular formula is C23H26ClIN2O5. The Morgan fingerprint density at radius 1 is 1.03 bits per heavy atom. The molecule has 0 aromatic heterocycles. The van der Waals surface area contributed by atoms with Gasteiger partial charge in [0.25, 0.3) is 11.8 Å². The van der Waals surface area contributed by atoms with Gasteiger partial charge in [0.05, 0.1) is 31.9 Å². The highest BCUT2D eigenvalue weighted by Gasteiger charge is 2.22. The third-order valence-electron chi connectivity index (χ3n) is 4.74. The third-order valence-corrected chi connectivity index (χ3v) is 5.74. The van der Waals surface area contributed by atoms with E-state index in [1.54, 1.807) is 41.3 Å². The SMILES string of the molecule is CCN(CC)C(=O)/C(=C/c1ccc(OC)c(OC)c1OC)NC(=O)c1cc(I)ccc1Cl. The molecule has 0 aliphatic heterocycles. The minimum atomic E-state index is -0.486. The van der Waals surface area contributed by atoms with E-state index in [4.69, 9.17) is 25.8 Å². The van der Waals surface area contributed by atoms with Crippen LogP contribution in [0.1, 0.15) is 29.8 Å². The number of halogens is 2. The number of hydrogen-bond acceptors (Lipinski definition) is 5. The van der Waals surface area contributed by atoms with Crippen molar-refractivity contribution in [2.24, 2.45) is 0 Å². The highest BCUT2D eigenvalue weighted by atomic mass is 127. The maximum Gasteiger partial charge on any atom is 0.270 e. The van der Waals surface area contributed by atoms with Gasteiger partial charge in [-0.3, -0.25) is 9.59 Å². The summed E-state index contributed by atoms with van der Waals surface area (Å²) in [5.74, 6) is 0.415. The lowest BCUT2D eigenvalue weighted by molar-refractivity contribution is -0.127. The lowest BCUT2D eigenvalue weighted by atomic mass is 10.1. The standard InChI is InChI=1S/C23H26ClIN2O5/c1-6-27(7-2)23(29)18(26-22(28)16-13-15(25)9-10-17(16)24)12-14-8-11-19(30-3)21(32-5)20(14)31-4/h8-13H,6-7H2,1-5H3,(H,26,28)/b18-12-. The van der Waals surface area contributed by atoms with Crippen LogP contribution >= 0.6 is 34.2 Å². The Morgan fingerprint density at radius 3 is 2.25 bits per heavy atom. The molecule has 0 radical (unpaired) electrons. The van der Waals surface area contributed by atoms with E-state index in [-0.39, 0.29) is 17.2 Å². The fourth-order valence-electron chi connectivity index (χ4n) is 3.09. The van der Waals surface area contributed by atoms with Gasteiger partial charge < -0.3 is 24.4 Å². The average Bonchev–Trinajstić information content (AvgIpc) is 2.80. The largest absolute Gasteiger partial charge is 0.493 e. The van der Waals surface area contributed by atoms with Gasteiger partial charge in [-0.15, -0.1) is 0 Å². The summed E-state index contributed by atoms with van der Waals surface area (Å²) in [7, 11) is 4.51. The number of likely N-dealkylation sites (N-methyl/N-ethyl adjacent to an activating group) is 1. The van der Waals surface area contributed by atoms with Crippen LogP contribution in [0.2, 0.25) is 5.02 Å². The van der Waals surface area contributed by atoms with Crippen molar-refractivity contribution in [3.05, 3.63) is 55.7 Å². The summed E-state index contributed by atoms with van der Waals surface area (Å²) in [4.78, 5) is 27.8. The molecule has 0 aliphatic rings. The van der Waals surface area contributed by atoms with Crippen LogP contribution in [0.25, 0.3) is 6.08 Å². The summed E-state index contributed by atoms with van der Waals surface area (Å²) >= 11 is 8.32. The summed E-state index contributed by atoms with van der Waals surface area (Å²) in [6.07, 6.45) is 1.56. The van der Waals surface area contributed by atoms with E-state index in [2.05, 4.69) is 27.9 Å². The Kier molecular flexibility index (Phi) is 9.64. The summed E-state index contributed by atoms with van der Waals surface area (Å²) < 4.78 is 17.1. The molecule has 0 saturated heterocycles. The second-order valence-corrected chi connectivity index (χ2v) is 8.19. The number of carbonyl (C=O) groups excluding carboxylic acids is 2. The number of nitrogens with zero attached hydrogens (tertiary/aromatic N) is 1. The van der Waals surface area contributed by atoms with E-state index < -0.39 is 5.91 Å². The first-order valence-electron chi connectivity index (χ1n) is 9.87. The van der Waals surface area contributed by atoms with Crippen LogP contribution in [0.4, 0.5) is 0 Å². The van der Waals surface area contributed by atoms with Gasteiger partial charge in [-0.05, 0) is 72.8 Å². The topological polar surface area (TPSA) is 77.1 Å². The summed E-state index contributed by atoms with van der Waals surface area (Å²) in [5.41, 5.74) is 0.893. The molecule has 0 spiro atoms. The first-order chi connectivity index (χ1) is 15.3. The smallest absolute Gasteiger partial charge is 0.270 e. The predicted octanol–water partition coefficient (Wildman–Crippen LogP) is 4.61. The normalized spacial score (nSPS) is 11.0. The zero-order chi connectivity index (χ0) is 23.8. The number of rotatable bonds is 9. The molecule has 2 aromatic rings. The van der Waals surface area contributed by atoms with Crippen LogP contribution in [-0.4, -0.2) is 51.1 Å². The minimum absolute atomic E-state index is 0.0825. The fourth-order valence-corrected chi connectivity index (χ4v) is 3.78. The van der Waals surface area contributed by atoms with E-state index in [0.717, 1.165) is 3.57 Å². The second-order valence-electron chi connectivity index (χ2n) is 6.54. The van der Waals surface area contributed by atoms with Crippen LogP contribution in [-0.2, 0) is 4.79 Å². The van der Waals surface area contributed by atoms with Gasteiger partial charge in [-0.2, -0.15) is 0 Å². The lowest BCUT2D eigenvalue weighted by Crippen LogP contribution is -2.38. The molecule has 7 nitrogen and oxygen atoms in total. The van der Waals surface area contributed by atoms with Gasteiger partial charge in [0, 0.05) is 22.2 Å².